The smallest absolute Gasteiger partial charge is 0.224 e. The molecule has 0 bridgehead atoms. The van der Waals surface area contributed by atoms with Crippen molar-refractivity contribution in [1.29, 1.82) is 0 Å². The predicted octanol–water partition coefficient (Wildman–Crippen LogP) is 3.58. The number of fused-ring (bicyclic) bond motifs is 2. The van der Waals surface area contributed by atoms with E-state index >= 15 is 0 Å². The number of benzene rings is 3. The number of amides is 1. The fourth-order valence-electron chi connectivity index (χ4n) is 2.87. The van der Waals surface area contributed by atoms with Crippen molar-refractivity contribution in [3.8, 4) is 0 Å². The van der Waals surface area contributed by atoms with Crippen LogP contribution in [0.15, 0.2) is 66.7 Å². The van der Waals surface area contributed by atoms with E-state index in [9.17, 15) is 4.79 Å². The van der Waals surface area contributed by atoms with Crippen molar-refractivity contribution in [3.05, 3.63) is 78.1 Å². The maximum atomic E-state index is 12.2. The van der Waals surface area contributed by atoms with Gasteiger partial charge in [-0.25, -0.2) is 4.98 Å². The average Bonchev–Trinajstić information content (AvgIpc) is 3.03. The number of carbonyl (C=O) groups excluding carboxylic acids is 1. The highest BCUT2D eigenvalue weighted by Gasteiger charge is 2.06. The van der Waals surface area contributed by atoms with Gasteiger partial charge in [-0.05, 0) is 28.5 Å². The Morgan fingerprint density at radius 3 is 2.62 bits per heavy atom. The van der Waals surface area contributed by atoms with E-state index in [0.717, 1.165) is 27.8 Å². The van der Waals surface area contributed by atoms with E-state index in [1.54, 1.807) is 0 Å². The number of hydrogen-bond donors (Lipinski definition) is 2. The number of hydrogen-bond acceptors (Lipinski definition) is 2. The van der Waals surface area contributed by atoms with Crippen LogP contribution in [0.2, 0.25) is 0 Å². The first-order valence-corrected chi connectivity index (χ1v) is 7.96. The summed E-state index contributed by atoms with van der Waals surface area (Å²) < 4.78 is 0. The van der Waals surface area contributed by atoms with Crippen molar-refractivity contribution >= 4 is 27.7 Å². The number of rotatable bonds is 4. The lowest BCUT2D eigenvalue weighted by Crippen LogP contribution is -2.25. The zero-order valence-corrected chi connectivity index (χ0v) is 13.1. The summed E-state index contributed by atoms with van der Waals surface area (Å²) in [5, 5.41) is 5.26. The highest BCUT2D eigenvalue weighted by Crippen LogP contribution is 2.16. The van der Waals surface area contributed by atoms with Gasteiger partial charge in [-0.1, -0.05) is 54.6 Å². The average molecular weight is 315 g/mol. The maximum absolute atomic E-state index is 12.2. The van der Waals surface area contributed by atoms with Crippen molar-refractivity contribution in [2.24, 2.45) is 0 Å². The van der Waals surface area contributed by atoms with Crippen LogP contribution in [0, 0.1) is 0 Å². The normalized spacial score (nSPS) is 11.0. The zero-order chi connectivity index (χ0) is 16.4. The minimum absolute atomic E-state index is 0.00858. The molecule has 4 rings (SSSR count). The number of para-hydroxylation sites is 2. The van der Waals surface area contributed by atoms with Gasteiger partial charge in [0.15, 0.2) is 0 Å². The number of aromatic nitrogens is 2. The van der Waals surface area contributed by atoms with E-state index in [4.69, 9.17) is 0 Å². The molecule has 0 aliphatic heterocycles. The number of H-pyrrole nitrogens is 1. The predicted molar refractivity (Wildman–Crippen MR) is 95.6 cm³/mol. The van der Waals surface area contributed by atoms with E-state index in [1.807, 2.05) is 42.5 Å². The summed E-state index contributed by atoms with van der Waals surface area (Å²) >= 11 is 0. The molecule has 0 spiro atoms. The monoisotopic (exact) mass is 315 g/mol. The Morgan fingerprint density at radius 2 is 1.75 bits per heavy atom. The Hall–Kier alpha value is -3.14. The lowest BCUT2D eigenvalue weighted by atomic mass is 10.1. The summed E-state index contributed by atoms with van der Waals surface area (Å²) in [7, 11) is 0. The number of imidazole rings is 1. The van der Waals surface area contributed by atoms with E-state index in [1.165, 1.54) is 5.39 Å². The minimum atomic E-state index is -0.00858. The molecular formula is C20H17N3O. The lowest BCUT2D eigenvalue weighted by molar-refractivity contribution is -0.120. The van der Waals surface area contributed by atoms with Gasteiger partial charge < -0.3 is 10.3 Å². The van der Waals surface area contributed by atoms with E-state index in [2.05, 4.69) is 39.6 Å². The molecule has 2 N–H and O–H groups in total. The Bertz CT molecular complexity index is 986. The van der Waals surface area contributed by atoms with Gasteiger partial charge in [0.25, 0.3) is 0 Å². The van der Waals surface area contributed by atoms with Crippen LogP contribution >= 0.6 is 0 Å². The van der Waals surface area contributed by atoms with Crippen molar-refractivity contribution in [2.75, 3.05) is 0 Å². The standard InChI is InChI=1S/C20H17N3O/c24-20(12-14-9-10-15-5-1-2-6-16(15)11-14)21-13-19-22-17-7-3-4-8-18(17)23-19/h1-11H,12-13H2,(H,21,24)(H,22,23). The molecule has 0 saturated carbocycles. The van der Waals surface area contributed by atoms with E-state index < -0.39 is 0 Å². The molecule has 118 valence electrons. The molecular weight excluding hydrogens is 298 g/mol. The Morgan fingerprint density at radius 1 is 0.958 bits per heavy atom. The summed E-state index contributed by atoms with van der Waals surface area (Å²) in [6.45, 7) is 0.404. The number of aromatic amines is 1. The van der Waals surface area contributed by atoms with Gasteiger partial charge in [0.05, 0.1) is 24.0 Å². The SMILES string of the molecule is O=C(Cc1ccc2ccccc2c1)NCc1nc2ccccc2[nH]1. The maximum Gasteiger partial charge on any atom is 0.224 e. The van der Waals surface area contributed by atoms with Gasteiger partial charge in [0.2, 0.25) is 5.91 Å². The van der Waals surface area contributed by atoms with Gasteiger partial charge in [-0.15, -0.1) is 0 Å². The molecule has 3 aromatic carbocycles. The fraction of sp³-hybridized carbons (Fsp3) is 0.100. The molecule has 0 aliphatic rings. The molecule has 0 fully saturated rings. The van der Waals surface area contributed by atoms with E-state index in [0.29, 0.717) is 13.0 Å². The van der Waals surface area contributed by atoms with Gasteiger partial charge in [0.1, 0.15) is 5.82 Å². The first kappa shape index (κ1) is 14.5. The molecule has 0 atom stereocenters. The van der Waals surface area contributed by atoms with Crippen molar-refractivity contribution in [1.82, 2.24) is 15.3 Å². The quantitative estimate of drug-likeness (QED) is 0.605. The van der Waals surface area contributed by atoms with Crippen LogP contribution in [-0.2, 0) is 17.8 Å². The van der Waals surface area contributed by atoms with Gasteiger partial charge in [-0.3, -0.25) is 4.79 Å². The second kappa shape index (κ2) is 6.16. The van der Waals surface area contributed by atoms with Crippen LogP contribution < -0.4 is 5.32 Å². The van der Waals surface area contributed by atoms with Crippen LogP contribution in [0.25, 0.3) is 21.8 Å². The zero-order valence-electron chi connectivity index (χ0n) is 13.1. The number of nitrogens with one attached hydrogen (secondary N) is 2. The number of carbonyl (C=O) groups is 1. The summed E-state index contributed by atoms with van der Waals surface area (Å²) in [5.41, 5.74) is 2.91. The Balaban J connectivity index is 1.42. The second-order valence-corrected chi connectivity index (χ2v) is 5.84. The molecule has 0 unspecified atom stereocenters. The largest absolute Gasteiger partial charge is 0.349 e. The number of nitrogens with zero attached hydrogens (tertiary/aromatic N) is 1. The highest BCUT2D eigenvalue weighted by molar-refractivity contribution is 5.85. The van der Waals surface area contributed by atoms with Crippen LogP contribution in [0.3, 0.4) is 0 Å². The van der Waals surface area contributed by atoms with Gasteiger partial charge in [-0.2, -0.15) is 0 Å². The Kier molecular flexibility index (Phi) is 3.71. The Labute approximate surface area is 139 Å². The molecule has 4 aromatic rings. The van der Waals surface area contributed by atoms with E-state index in [-0.39, 0.29) is 5.91 Å². The molecule has 1 amide bonds. The molecule has 4 heteroatoms. The highest BCUT2D eigenvalue weighted by atomic mass is 16.1. The lowest BCUT2D eigenvalue weighted by Gasteiger charge is -2.05. The third kappa shape index (κ3) is 2.99. The molecule has 24 heavy (non-hydrogen) atoms. The molecule has 0 radical (unpaired) electrons. The van der Waals surface area contributed by atoms with Crippen LogP contribution in [0.5, 0.6) is 0 Å². The third-order valence-corrected chi connectivity index (χ3v) is 4.07. The van der Waals surface area contributed by atoms with Crippen LogP contribution in [0.4, 0.5) is 0 Å². The summed E-state index contributed by atoms with van der Waals surface area (Å²) in [4.78, 5) is 19.9. The van der Waals surface area contributed by atoms with Crippen LogP contribution in [-0.4, -0.2) is 15.9 Å². The first-order chi connectivity index (χ1) is 11.8. The second-order valence-electron chi connectivity index (χ2n) is 5.84. The van der Waals surface area contributed by atoms with Crippen molar-refractivity contribution in [3.63, 3.8) is 0 Å². The molecule has 0 aliphatic carbocycles. The fourth-order valence-corrected chi connectivity index (χ4v) is 2.87. The molecule has 4 nitrogen and oxygen atoms in total. The van der Waals surface area contributed by atoms with Gasteiger partial charge >= 0.3 is 0 Å². The topological polar surface area (TPSA) is 57.8 Å². The van der Waals surface area contributed by atoms with Crippen molar-refractivity contribution in [2.45, 2.75) is 13.0 Å². The molecule has 0 saturated heterocycles. The third-order valence-electron chi connectivity index (χ3n) is 4.07. The first-order valence-electron chi connectivity index (χ1n) is 7.96. The molecule has 1 aromatic heterocycles. The van der Waals surface area contributed by atoms with Gasteiger partial charge in [0, 0.05) is 0 Å². The minimum Gasteiger partial charge on any atom is -0.349 e. The summed E-state index contributed by atoms with van der Waals surface area (Å²) in [6.07, 6.45) is 0.366. The van der Waals surface area contributed by atoms with Crippen LogP contribution in [0.1, 0.15) is 11.4 Å². The summed E-state index contributed by atoms with van der Waals surface area (Å²) in [6, 6.07) is 22.1. The van der Waals surface area contributed by atoms with Crippen molar-refractivity contribution < 1.29 is 4.79 Å². The molecule has 1 heterocycles. The summed E-state index contributed by atoms with van der Waals surface area (Å²) in [5.74, 6) is 0.758.